The van der Waals surface area contributed by atoms with Crippen LogP contribution in [0.5, 0.6) is 5.75 Å². The third-order valence-electron chi connectivity index (χ3n) is 3.21. The van der Waals surface area contributed by atoms with Crippen molar-refractivity contribution in [2.24, 2.45) is 0 Å². The van der Waals surface area contributed by atoms with Crippen molar-refractivity contribution < 1.29 is 4.74 Å². The summed E-state index contributed by atoms with van der Waals surface area (Å²) in [5, 5.41) is 3.45. The summed E-state index contributed by atoms with van der Waals surface area (Å²) in [4.78, 5) is 0. The van der Waals surface area contributed by atoms with Crippen LogP contribution in [-0.4, -0.2) is 12.6 Å². The lowest BCUT2D eigenvalue weighted by atomic mass is 10.1. The molecule has 2 aromatic carbocycles. The van der Waals surface area contributed by atoms with Crippen LogP contribution in [0.1, 0.15) is 25.0 Å². The van der Waals surface area contributed by atoms with E-state index in [1.807, 2.05) is 26.0 Å². The van der Waals surface area contributed by atoms with Gasteiger partial charge < -0.3 is 10.1 Å². The van der Waals surface area contributed by atoms with E-state index in [-0.39, 0.29) is 6.10 Å². The molecule has 0 bridgehead atoms. The van der Waals surface area contributed by atoms with E-state index in [1.54, 1.807) is 0 Å². The molecule has 0 unspecified atom stereocenters. The zero-order valence-corrected chi connectivity index (χ0v) is 12.5. The fraction of sp³-hybridized carbons (Fsp3) is 0.333. The lowest BCUT2D eigenvalue weighted by Crippen LogP contribution is -2.07. The lowest BCUT2D eigenvalue weighted by Gasteiger charge is -2.11. The molecule has 20 heavy (non-hydrogen) atoms. The average Bonchev–Trinajstić information content (AvgIpc) is 2.42. The van der Waals surface area contributed by atoms with Crippen molar-refractivity contribution >= 4 is 5.69 Å². The Morgan fingerprint density at radius 2 is 1.70 bits per heavy atom. The highest BCUT2D eigenvalue weighted by Gasteiger charge is 1.99. The fourth-order valence-corrected chi connectivity index (χ4v) is 2.16. The molecule has 0 heterocycles. The standard InChI is InChI=1S/C18H23NO/c1-14(2)20-18-10-8-17(9-11-18)19-13-12-16-7-5-4-6-15(16)3/h4-11,14,19H,12-13H2,1-3H3. The van der Waals surface area contributed by atoms with E-state index < -0.39 is 0 Å². The number of anilines is 1. The highest BCUT2D eigenvalue weighted by atomic mass is 16.5. The van der Waals surface area contributed by atoms with E-state index in [0.29, 0.717) is 0 Å². The van der Waals surface area contributed by atoms with Gasteiger partial charge in [-0.25, -0.2) is 0 Å². The lowest BCUT2D eigenvalue weighted by molar-refractivity contribution is 0.242. The molecule has 2 nitrogen and oxygen atoms in total. The number of nitrogens with one attached hydrogen (secondary N) is 1. The van der Waals surface area contributed by atoms with Gasteiger partial charge in [-0.1, -0.05) is 24.3 Å². The molecule has 0 fully saturated rings. The molecule has 2 rings (SSSR count). The maximum absolute atomic E-state index is 5.63. The van der Waals surface area contributed by atoms with Crippen LogP contribution < -0.4 is 10.1 Å². The molecule has 0 radical (unpaired) electrons. The SMILES string of the molecule is Cc1ccccc1CCNc1ccc(OC(C)C)cc1. The van der Waals surface area contributed by atoms with Crippen LogP contribution in [0.2, 0.25) is 0 Å². The van der Waals surface area contributed by atoms with Crippen LogP contribution in [0.4, 0.5) is 5.69 Å². The first-order valence-electron chi connectivity index (χ1n) is 7.20. The number of ether oxygens (including phenoxy) is 1. The molecule has 0 spiro atoms. The van der Waals surface area contributed by atoms with Gasteiger partial charge in [-0.15, -0.1) is 0 Å². The third kappa shape index (κ3) is 4.30. The molecule has 0 aliphatic heterocycles. The largest absolute Gasteiger partial charge is 0.491 e. The second-order valence-corrected chi connectivity index (χ2v) is 5.29. The summed E-state index contributed by atoms with van der Waals surface area (Å²) in [6, 6.07) is 16.7. The van der Waals surface area contributed by atoms with Gasteiger partial charge in [0.1, 0.15) is 5.75 Å². The number of benzene rings is 2. The summed E-state index contributed by atoms with van der Waals surface area (Å²) < 4.78 is 5.63. The fourth-order valence-electron chi connectivity index (χ4n) is 2.16. The number of hydrogen-bond donors (Lipinski definition) is 1. The molecule has 0 aliphatic carbocycles. The van der Waals surface area contributed by atoms with E-state index in [1.165, 1.54) is 11.1 Å². The van der Waals surface area contributed by atoms with Crippen molar-refractivity contribution in [3.63, 3.8) is 0 Å². The molecule has 0 aromatic heterocycles. The highest BCUT2D eigenvalue weighted by Crippen LogP contribution is 2.17. The van der Waals surface area contributed by atoms with Crippen LogP contribution in [0.25, 0.3) is 0 Å². The van der Waals surface area contributed by atoms with Gasteiger partial charge in [-0.05, 0) is 62.6 Å². The van der Waals surface area contributed by atoms with Gasteiger partial charge in [-0.3, -0.25) is 0 Å². The summed E-state index contributed by atoms with van der Waals surface area (Å²) in [6.07, 6.45) is 1.26. The summed E-state index contributed by atoms with van der Waals surface area (Å²) in [5.41, 5.74) is 3.89. The summed E-state index contributed by atoms with van der Waals surface area (Å²) >= 11 is 0. The van der Waals surface area contributed by atoms with E-state index in [9.17, 15) is 0 Å². The van der Waals surface area contributed by atoms with Crippen molar-refractivity contribution in [2.75, 3.05) is 11.9 Å². The Morgan fingerprint density at radius 1 is 1.00 bits per heavy atom. The first-order chi connectivity index (χ1) is 9.65. The van der Waals surface area contributed by atoms with Crippen molar-refractivity contribution in [3.05, 3.63) is 59.7 Å². The molecule has 0 saturated carbocycles. The Morgan fingerprint density at radius 3 is 2.35 bits per heavy atom. The molecule has 0 saturated heterocycles. The van der Waals surface area contributed by atoms with Gasteiger partial charge in [0, 0.05) is 12.2 Å². The number of aryl methyl sites for hydroxylation is 1. The molecule has 0 atom stereocenters. The smallest absolute Gasteiger partial charge is 0.119 e. The zero-order valence-electron chi connectivity index (χ0n) is 12.5. The van der Waals surface area contributed by atoms with Crippen molar-refractivity contribution in [2.45, 2.75) is 33.3 Å². The summed E-state index contributed by atoms with van der Waals surface area (Å²) in [7, 11) is 0. The minimum atomic E-state index is 0.217. The van der Waals surface area contributed by atoms with Crippen molar-refractivity contribution in [1.29, 1.82) is 0 Å². The topological polar surface area (TPSA) is 21.3 Å². The molecule has 1 N–H and O–H groups in total. The summed E-state index contributed by atoms with van der Waals surface area (Å²) in [5.74, 6) is 0.921. The Kier molecular flexibility index (Phi) is 5.05. The Bertz CT molecular complexity index is 531. The van der Waals surface area contributed by atoms with E-state index >= 15 is 0 Å². The molecule has 0 amide bonds. The van der Waals surface area contributed by atoms with Crippen LogP contribution in [0.3, 0.4) is 0 Å². The number of rotatable bonds is 6. The zero-order chi connectivity index (χ0) is 14.4. The van der Waals surface area contributed by atoms with Gasteiger partial charge in [0.25, 0.3) is 0 Å². The monoisotopic (exact) mass is 269 g/mol. The second kappa shape index (κ2) is 6.99. The molecule has 0 aliphatic rings. The third-order valence-corrected chi connectivity index (χ3v) is 3.21. The van der Waals surface area contributed by atoms with Gasteiger partial charge in [-0.2, -0.15) is 0 Å². The van der Waals surface area contributed by atoms with Crippen LogP contribution in [0, 0.1) is 6.92 Å². The van der Waals surface area contributed by atoms with Crippen LogP contribution in [0.15, 0.2) is 48.5 Å². The maximum Gasteiger partial charge on any atom is 0.119 e. The van der Waals surface area contributed by atoms with E-state index in [2.05, 4.69) is 48.6 Å². The highest BCUT2D eigenvalue weighted by molar-refractivity contribution is 5.46. The minimum absolute atomic E-state index is 0.217. The quantitative estimate of drug-likeness (QED) is 0.837. The molecular formula is C18H23NO. The summed E-state index contributed by atoms with van der Waals surface area (Å²) in [6.45, 7) is 7.17. The van der Waals surface area contributed by atoms with Crippen LogP contribution >= 0.6 is 0 Å². The van der Waals surface area contributed by atoms with Gasteiger partial charge in [0.2, 0.25) is 0 Å². The molecule has 106 valence electrons. The van der Waals surface area contributed by atoms with Crippen molar-refractivity contribution in [1.82, 2.24) is 0 Å². The Labute approximate surface area is 121 Å². The van der Waals surface area contributed by atoms with Crippen molar-refractivity contribution in [3.8, 4) is 5.75 Å². The average molecular weight is 269 g/mol. The first kappa shape index (κ1) is 14.4. The normalized spacial score (nSPS) is 10.6. The minimum Gasteiger partial charge on any atom is -0.491 e. The van der Waals surface area contributed by atoms with E-state index in [4.69, 9.17) is 4.74 Å². The first-order valence-corrected chi connectivity index (χ1v) is 7.20. The van der Waals surface area contributed by atoms with Gasteiger partial charge in [0.05, 0.1) is 6.10 Å². The molecular weight excluding hydrogens is 246 g/mol. The van der Waals surface area contributed by atoms with E-state index in [0.717, 1.165) is 24.4 Å². The van der Waals surface area contributed by atoms with Gasteiger partial charge in [0.15, 0.2) is 0 Å². The predicted molar refractivity (Wildman–Crippen MR) is 85.6 cm³/mol. The maximum atomic E-state index is 5.63. The van der Waals surface area contributed by atoms with Crippen LogP contribution in [-0.2, 0) is 6.42 Å². The molecule has 2 aromatic rings. The Balaban J connectivity index is 1.84. The second-order valence-electron chi connectivity index (χ2n) is 5.29. The van der Waals surface area contributed by atoms with Gasteiger partial charge >= 0.3 is 0 Å². The number of hydrogen-bond acceptors (Lipinski definition) is 2. The predicted octanol–water partition coefficient (Wildman–Crippen LogP) is 4.44. The Hall–Kier alpha value is -1.96. The molecule has 2 heteroatoms.